The number of benzene rings is 2. The fourth-order valence-electron chi connectivity index (χ4n) is 3.53. The van der Waals surface area contributed by atoms with Crippen LogP contribution >= 0.6 is 0 Å². The molecule has 0 radical (unpaired) electrons. The Labute approximate surface area is 147 Å². The number of rotatable bonds is 4. The Hall–Kier alpha value is -2.94. The molecule has 0 spiro atoms. The van der Waals surface area contributed by atoms with Gasteiger partial charge in [0.05, 0.1) is 0 Å². The number of fused-ring (bicyclic) bond motifs is 3. The molecular formula is C22H19NO2. The van der Waals surface area contributed by atoms with Crippen molar-refractivity contribution in [2.45, 2.75) is 25.4 Å². The smallest absolute Gasteiger partial charge is 0.318 e. The molecule has 3 nitrogen and oxygen atoms in total. The van der Waals surface area contributed by atoms with E-state index < -0.39 is 0 Å². The second kappa shape index (κ2) is 6.52. The number of nitrogens with zero attached hydrogens (tertiary/aromatic N) is 1. The van der Waals surface area contributed by atoms with Gasteiger partial charge in [0.1, 0.15) is 12.0 Å². The first-order chi connectivity index (χ1) is 12.2. The van der Waals surface area contributed by atoms with E-state index >= 15 is 0 Å². The van der Waals surface area contributed by atoms with Crippen molar-refractivity contribution in [3.05, 3.63) is 89.7 Å². The molecule has 124 valence electrons. The Morgan fingerprint density at radius 3 is 2.16 bits per heavy atom. The summed E-state index contributed by atoms with van der Waals surface area (Å²) in [6.07, 6.45) is 2.15. The number of aromatic nitrogens is 1. The highest BCUT2D eigenvalue weighted by Gasteiger charge is 2.35. The van der Waals surface area contributed by atoms with E-state index in [0.717, 1.165) is 27.9 Å². The largest absolute Gasteiger partial charge is 0.462 e. The summed E-state index contributed by atoms with van der Waals surface area (Å²) in [4.78, 5) is 17.2. The Morgan fingerprint density at radius 1 is 0.960 bits per heavy atom. The third kappa shape index (κ3) is 2.93. The topological polar surface area (TPSA) is 39.2 Å². The predicted octanol–water partition coefficient (Wildman–Crippen LogP) is 4.37. The minimum Gasteiger partial charge on any atom is -0.462 e. The molecule has 0 N–H and O–H groups in total. The first-order valence-corrected chi connectivity index (χ1v) is 8.52. The van der Waals surface area contributed by atoms with Crippen molar-refractivity contribution in [3.8, 4) is 11.1 Å². The molecular weight excluding hydrogens is 310 g/mol. The molecule has 0 bridgehead atoms. The summed E-state index contributed by atoms with van der Waals surface area (Å²) in [5, 5.41) is 0. The highest BCUT2D eigenvalue weighted by atomic mass is 16.5. The van der Waals surface area contributed by atoms with Crippen LogP contribution in [0.2, 0.25) is 0 Å². The van der Waals surface area contributed by atoms with Gasteiger partial charge in [-0.05, 0) is 41.3 Å². The highest BCUT2D eigenvalue weighted by molar-refractivity contribution is 5.93. The summed E-state index contributed by atoms with van der Waals surface area (Å²) in [5.74, 6) is -0.542. The Kier molecular flexibility index (Phi) is 4.06. The molecule has 1 heterocycles. The quantitative estimate of drug-likeness (QED) is 0.667. The fraction of sp³-hybridized carbons (Fsp3) is 0.182. The van der Waals surface area contributed by atoms with Crippen molar-refractivity contribution in [2.75, 3.05) is 0 Å². The molecule has 0 aliphatic heterocycles. The van der Waals surface area contributed by atoms with Gasteiger partial charge in [-0.3, -0.25) is 9.78 Å². The SMILES string of the molecule is CC(Cc1ccccn1)OC(=O)C1c2ccccc2-c2ccccc21. The van der Waals surface area contributed by atoms with Gasteiger partial charge in [-0.2, -0.15) is 0 Å². The van der Waals surface area contributed by atoms with Crippen molar-refractivity contribution in [1.82, 2.24) is 4.98 Å². The Morgan fingerprint density at radius 2 is 1.56 bits per heavy atom. The first-order valence-electron chi connectivity index (χ1n) is 8.52. The van der Waals surface area contributed by atoms with Crippen LogP contribution < -0.4 is 0 Å². The molecule has 4 rings (SSSR count). The van der Waals surface area contributed by atoms with Crippen LogP contribution in [0, 0.1) is 0 Å². The lowest BCUT2D eigenvalue weighted by molar-refractivity contribution is -0.148. The molecule has 1 aromatic heterocycles. The summed E-state index contributed by atoms with van der Waals surface area (Å²) in [7, 11) is 0. The van der Waals surface area contributed by atoms with E-state index in [1.54, 1.807) is 6.20 Å². The molecule has 25 heavy (non-hydrogen) atoms. The first kappa shape index (κ1) is 15.6. The van der Waals surface area contributed by atoms with Gasteiger partial charge in [-0.15, -0.1) is 0 Å². The van der Waals surface area contributed by atoms with E-state index in [-0.39, 0.29) is 18.0 Å². The Bertz CT molecular complexity index is 859. The zero-order valence-electron chi connectivity index (χ0n) is 14.1. The lowest BCUT2D eigenvalue weighted by Gasteiger charge is -2.17. The van der Waals surface area contributed by atoms with Crippen molar-refractivity contribution < 1.29 is 9.53 Å². The van der Waals surface area contributed by atoms with Gasteiger partial charge in [0, 0.05) is 18.3 Å². The van der Waals surface area contributed by atoms with Crippen molar-refractivity contribution in [1.29, 1.82) is 0 Å². The number of hydrogen-bond acceptors (Lipinski definition) is 3. The van der Waals surface area contributed by atoms with E-state index in [0.29, 0.717) is 6.42 Å². The third-order valence-electron chi connectivity index (χ3n) is 4.61. The van der Waals surface area contributed by atoms with Crippen molar-refractivity contribution in [2.24, 2.45) is 0 Å². The summed E-state index contributed by atoms with van der Waals surface area (Å²) in [6, 6.07) is 21.9. The highest BCUT2D eigenvalue weighted by Crippen LogP contribution is 2.45. The molecule has 1 atom stereocenters. The van der Waals surface area contributed by atoms with Crippen molar-refractivity contribution >= 4 is 5.97 Å². The molecule has 0 saturated heterocycles. The summed E-state index contributed by atoms with van der Waals surface area (Å²) >= 11 is 0. The van der Waals surface area contributed by atoms with Crippen LogP contribution in [-0.2, 0) is 16.0 Å². The van der Waals surface area contributed by atoms with E-state index in [9.17, 15) is 4.79 Å². The molecule has 1 aliphatic rings. The van der Waals surface area contributed by atoms with Crippen LogP contribution in [0.3, 0.4) is 0 Å². The number of carbonyl (C=O) groups is 1. The van der Waals surface area contributed by atoms with Crippen LogP contribution in [0.5, 0.6) is 0 Å². The third-order valence-corrected chi connectivity index (χ3v) is 4.61. The van der Waals surface area contributed by atoms with E-state index in [2.05, 4.69) is 17.1 Å². The molecule has 1 unspecified atom stereocenters. The minimum atomic E-state index is -0.349. The number of pyridine rings is 1. The molecule has 2 aromatic carbocycles. The average Bonchev–Trinajstić information content (AvgIpc) is 2.97. The van der Waals surface area contributed by atoms with E-state index in [1.807, 2.05) is 61.5 Å². The van der Waals surface area contributed by atoms with Crippen LogP contribution in [0.1, 0.15) is 29.7 Å². The average molecular weight is 329 g/mol. The maximum atomic E-state index is 12.9. The lowest BCUT2D eigenvalue weighted by atomic mass is 9.97. The van der Waals surface area contributed by atoms with Crippen LogP contribution in [-0.4, -0.2) is 17.1 Å². The molecule has 0 fully saturated rings. The zero-order valence-corrected chi connectivity index (χ0v) is 14.1. The molecule has 0 amide bonds. The monoisotopic (exact) mass is 329 g/mol. The summed E-state index contributed by atoms with van der Waals surface area (Å²) in [6.45, 7) is 1.92. The van der Waals surface area contributed by atoms with Crippen LogP contribution in [0.25, 0.3) is 11.1 Å². The maximum absolute atomic E-state index is 12.9. The molecule has 3 heteroatoms. The number of ether oxygens (including phenoxy) is 1. The molecule has 3 aromatic rings. The zero-order chi connectivity index (χ0) is 17.2. The van der Waals surface area contributed by atoms with Crippen molar-refractivity contribution in [3.63, 3.8) is 0 Å². The fourth-order valence-corrected chi connectivity index (χ4v) is 3.53. The van der Waals surface area contributed by atoms with E-state index in [4.69, 9.17) is 4.74 Å². The predicted molar refractivity (Wildman–Crippen MR) is 97.2 cm³/mol. The Balaban J connectivity index is 1.58. The van der Waals surface area contributed by atoms with Gasteiger partial charge in [-0.25, -0.2) is 0 Å². The maximum Gasteiger partial charge on any atom is 0.318 e. The van der Waals surface area contributed by atoms with Crippen LogP contribution in [0.15, 0.2) is 72.9 Å². The van der Waals surface area contributed by atoms with E-state index in [1.165, 1.54) is 0 Å². The van der Waals surface area contributed by atoms with Gasteiger partial charge in [0.15, 0.2) is 0 Å². The summed E-state index contributed by atoms with van der Waals surface area (Å²) in [5.41, 5.74) is 5.22. The van der Waals surface area contributed by atoms with Gasteiger partial charge >= 0.3 is 5.97 Å². The molecule has 0 saturated carbocycles. The van der Waals surface area contributed by atoms with Crippen LogP contribution in [0.4, 0.5) is 0 Å². The van der Waals surface area contributed by atoms with Gasteiger partial charge in [0.25, 0.3) is 0 Å². The van der Waals surface area contributed by atoms with Gasteiger partial charge < -0.3 is 4.74 Å². The van der Waals surface area contributed by atoms with Gasteiger partial charge in [0.2, 0.25) is 0 Å². The second-order valence-electron chi connectivity index (χ2n) is 6.38. The summed E-state index contributed by atoms with van der Waals surface area (Å²) < 4.78 is 5.77. The minimum absolute atomic E-state index is 0.194. The number of hydrogen-bond donors (Lipinski definition) is 0. The lowest BCUT2D eigenvalue weighted by Crippen LogP contribution is -2.22. The standard InChI is InChI=1S/C22H19NO2/c1-15(14-16-8-6-7-13-23-16)25-22(24)21-19-11-4-2-9-17(19)18-10-3-5-12-20(18)21/h2-13,15,21H,14H2,1H3. The molecule has 1 aliphatic carbocycles. The van der Waals surface area contributed by atoms with Gasteiger partial charge in [-0.1, -0.05) is 54.6 Å². The normalized spacial score (nSPS) is 13.8. The number of esters is 1. The second-order valence-corrected chi connectivity index (χ2v) is 6.38. The number of carbonyl (C=O) groups excluding carboxylic acids is 1.